The Kier molecular flexibility index (Phi) is 10.4. The molecule has 0 radical (unpaired) electrons. The van der Waals surface area contributed by atoms with Crippen LogP contribution in [-0.4, -0.2) is 50.0 Å². The molecule has 0 aliphatic carbocycles. The minimum absolute atomic E-state index is 0.0465. The summed E-state index contributed by atoms with van der Waals surface area (Å²) in [6, 6.07) is 11.0. The number of amides is 2. The number of carbonyl (C=O) groups is 2. The molecule has 0 aliphatic heterocycles. The lowest BCUT2D eigenvalue weighted by Gasteiger charge is -2.34. The van der Waals surface area contributed by atoms with Gasteiger partial charge in [-0.05, 0) is 50.5 Å². The largest absolute Gasteiger partial charge is 0.352 e. The lowest BCUT2D eigenvalue weighted by molar-refractivity contribution is -0.140. The predicted octanol–water partition coefficient (Wildman–Crippen LogP) is 4.79. The molecule has 0 aromatic heterocycles. The summed E-state index contributed by atoms with van der Waals surface area (Å²) < 4.78 is 26.5. The van der Waals surface area contributed by atoms with E-state index in [1.165, 1.54) is 4.90 Å². The second-order valence-corrected chi connectivity index (χ2v) is 11.2. The topological polar surface area (TPSA) is 86.8 Å². The van der Waals surface area contributed by atoms with E-state index in [1.807, 2.05) is 13.8 Å². The van der Waals surface area contributed by atoms with E-state index in [2.05, 4.69) is 5.32 Å². The molecule has 0 spiro atoms. The van der Waals surface area contributed by atoms with Crippen LogP contribution in [0.4, 0.5) is 5.69 Å². The van der Waals surface area contributed by atoms with Crippen LogP contribution in [0, 0.1) is 6.92 Å². The van der Waals surface area contributed by atoms with E-state index in [-0.39, 0.29) is 18.5 Å². The van der Waals surface area contributed by atoms with Crippen molar-refractivity contribution in [2.75, 3.05) is 17.1 Å². The zero-order chi connectivity index (χ0) is 26.3. The fourth-order valence-corrected chi connectivity index (χ4v) is 5.08. The van der Waals surface area contributed by atoms with Crippen molar-refractivity contribution in [3.05, 3.63) is 63.6 Å². The molecule has 7 nitrogen and oxygen atoms in total. The van der Waals surface area contributed by atoms with Crippen molar-refractivity contribution in [3.63, 3.8) is 0 Å². The van der Waals surface area contributed by atoms with E-state index in [4.69, 9.17) is 23.2 Å². The van der Waals surface area contributed by atoms with Gasteiger partial charge in [0.15, 0.2) is 0 Å². The molecule has 2 rings (SSSR count). The van der Waals surface area contributed by atoms with Crippen LogP contribution in [0.1, 0.15) is 44.7 Å². The lowest BCUT2D eigenvalue weighted by Crippen LogP contribution is -2.53. The Morgan fingerprint density at radius 1 is 1.00 bits per heavy atom. The molecule has 2 amide bonds. The van der Waals surface area contributed by atoms with Crippen LogP contribution in [0.15, 0.2) is 42.5 Å². The van der Waals surface area contributed by atoms with Crippen LogP contribution in [0.3, 0.4) is 0 Å². The van der Waals surface area contributed by atoms with Gasteiger partial charge in [-0.1, -0.05) is 61.3 Å². The molecule has 10 heteroatoms. The average Bonchev–Trinajstić information content (AvgIpc) is 2.78. The smallest absolute Gasteiger partial charge is 0.244 e. The SMILES string of the molecule is CC[C@@H](C)NC(=O)[C@H](CC)N(Cc1c(Cl)cccc1Cl)C(=O)CN(c1ccccc1C)S(C)(=O)=O. The molecular formula is C25H33Cl2N3O4S. The Labute approximate surface area is 218 Å². The fraction of sp³-hybridized carbons (Fsp3) is 0.440. The van der Waals surface area contributed by atoms with Gasteiger partial charge in [-0.3, -0.25) is 13.9 Å². The van der Waals surface area contributed by atoms with E-state index in [0.717, 1.165) is 17.0 Å². The van der Waals surface area contributed by atoms with Gasteiger partial charge in [-0.25, -0.2) is 8.42 Å². The predicted molar refractivity (Wildman–Crippen MR) is 142 cm³/mol. The van der Waals surface area contributed by atoms with Crippen molar-refractivity contribution in [1.82, 2.24) is 10.2 Å². The van der Waals surface area contributed by atoms with Gasteiger partial charge in [0.1, 0.15) is 12.6 Å². The molecule has 192 valence electrons. The molecule has 2 aromatic rings. The maximum atomic E-state index is 13.7. The van der Waals surface area contributed by atoms with Crippen molar-refractivity contribution >= 4 is 50.7 Å². The molecule has 2 atom stereocenters. The minimum atomic E-state index is -3.80. The van der Waals surface area contributed by atoms with Gasteiger partial charge < -0.3 is 10.2 Å². The Bertz CT molecular complexity index is 1140. The number of sulfonamides is 1. The molecule has 0 saturated carbocycles. The number of carbonyl (C=O) groups excluding carboxylic acids is 2. The highest BCUT2D eigenvalue weighted by molar-refractivity contribution is 7.92. The molecular weight excluding hydrogens is 509 g/mol. The lowest BCUT2D eigenvalue weighted by atomic mass is 10.1. The third kappa shape index (κ3) is 7.59. The molecule has 0 bridgehead atoms. The van der Waals surface area contributed by atoms with E-state index < -0.39 is 28.5 Å². The van der Waals surface area contributed by atoms with Crippen molar-refractivity contribution in [2.24, 2.45) is 0 Å². The highest BCUT2D eigenvalue weighted by Gasteiger charge is 2.33. The number of halogens is 2. The summed E-state index contributed by atoms with van der Waals surface area (Å²) >= 11 is 12.8. The number of para-hydroxylation sites is 1. The first kappa shape index (κ1) is 28.9. The van der Waals surface area contributed by atoms with Crippen molar-refractivity contribution in [2.45, 2.75) is 59.2 Å². The monoisotopic (exact) mass is 541 g/mol. The van der Waals surface area contributed by atoms with Crippen molar-refractivity contribution in [3.8, 4) is 0 Å². The quantitative estimate of drug-likeness (QED) is 0.443. The number of anilines is 1. The van der Waals surface area contributed by atoms with Crippen LogP contribution in [0.5, 0.6) is 0 Å². The van der Waals surface area contributed by atoms with Crippen LogP contribution >= 0.6 is 23.2 Å². The van der Waals surface area contributed by atoms with Gasteiger partial charge in [0.05, 0.1) is 11.9 Å². The maximum absolute atomic E-state index is 13.7. The highest BCUT2D eigenvalue weighted by Crippen LogP contribution is 2.28. The van der Waals surface area contributed by atoms with Crippen LogP contribution < -0.4 is 9.62 Å². The first-order chi connectivity index (χ1) is 16.4. The zero-order valence-electron chi connectivity index (χ0n) is 20.7. The highest BCUT2D eigenvalue weighted by atomic mass is 35.5. The summed E-state index contributed by atoms with van der Waals surface area (Å²) in [6.07, 6.45) is 2.09. The Hall–Kier alpha value is -2.29. The minimum Gasteiger partial charge on any atom is -0.352 e. The summed E-state index contributed by atoms with van der Waals surface area (Å²) in [6.45, 7) is 6.88. The first-order valence-electron chi connectivity index (χ1n) is 11.5. The fourth-order valence-electron chi connectivity index (χ4n) is 3.65. The third-order valence-electron chi connectivity index (χ3n) is 5.84. The van der Waals surface area contributed by atoms with Crippen LogP contribution in [-0.2, 0) is 26.2 Å². The maximum Gasteiger partial charge on any atom is 0.244 e. The second-order valence-electron chi connectivity index (χ2n) is 8.52. The molecule has 0 saturated heterocycles. The zero-order valence-corrected chi connectivity index (χ0v) is 23.0. The number of aryl methyl sites for hydroxylation is 1. The van der Waals surface area contributed by atoms with E-state index in [1.54, 1.807) is 56.3 Å². The normalized spacial score (nSPS) is 13.1. The summed E-state index contributed by atoms with van der Waals surface area (Å²) in [5.74, 6) is -0.860. The summed E-state index contributed by atoms with van der Waals surface area (Å²) in [5, 5.41) is 3.63. The van der Waals surface area contributed by atoms with Crippen molar-refractivity contribution in [1.29, 1.82) is 0 Å². The molecule has 35 heavy (non-hydrogen) atoms. The van der Waals surface area contributed by atoms with Gasteiger partial charge in [-0.2, -0.15) is 0 Å². The third-order valence-corrected chi connectivity index (χ3v) is 7.68. The van der Waals surface area contributed by atoms with E-state index >= 15 is 0 Å². The molecule has 0 unspecified atom stereocenters. The van der Waals surface area contributed by atoms with Gasteiger partial charge in [0.25, 0.3) is 0 Å². The van der Waals surface area contributed by atoms with Gasteiger partial charge in [-0.15, -0.1) is 0 Å². The standard InChI is InChI=1S/C25H33Cl2N3O4S/c1-6-18(4)28-25(32)22(7-2)29(15-19-20(26)12-10-13-21(19)27)24(31)16-30(35(5,33)34)23-14-9-8-11-17(23)3/h8-14,18,22H,6-7,15-16H2,1-5H3,(H,28,32)/t18-,22+/m1/s1. The number of hydrogen-bond acceptors (Lipinski definition) is 4. The Morgan fingerprint density at radius 3 is 2.11 bits per heavy atom. The van der Waals surface area contributed by atoms with Gasteiger partial charge >= 0.3 is 0 Å². The summed E-state index contributed by atoms with van der Waals surface area (Å²) in [4.78, 5) is 28.2. The number of hydrogen-bond donors (Lipinski definition) is 1. The Balaban J connectivity index is 2.52. The number of nitrogens with zero attached hydrogens (tertiary/aromatic N) is 2. The average molecular weight is 543 g/mol. The van der Waals surface area contributed by atoms with E-state index in [9.17, 15) is 18.0 Å². The number of nitrogens with one attached hydrogen (secondary N) is 1. The second kappa shape index (κ2) is 12.6. The van der Waals surface area contributed by atoms with E-state index in [0.29, 0.717) is 33.3 Å². The number of rotatable bonds is 11. The van der Waals surface area contributed by atoms with Crippen LogP contribution in [0.25, 0.3) is 0 Å². The van der Waals surface area contributed by atoms with Crippen LogP contribution in [0.2, 0.25) is 10.0 Å². The molecule has 0 fully saturated rings. The molecule has 0 heterocycles. The van der Waals surface area contributed by atoms with Gasteiger partial charge in [0.2, 0.25) is 21.8 Å². The number of benzene rings is 2. The first-order valence-corrected chi connectivity index (χ1v) is 14.1. The molecule has 0 aliphatic rings. The van der Waals surface area contributed by atoms with Crippen molar-refractivity contribution < 1.29 is 18.0 Å². The Morgan fingerprint density at radius 2 is 1.60 bits per heavy atom. The summed E-state index contributed by atoms with van der Waals surface area (Å²) in [7, 11) is -3.80. The molecule has 1 N–H and O–H groups in total. The van der Waals surface area contributed by atoms with Gasteiger partial charge in [0, 0.05) is 28.2 Å². The molecule has 2 aromatic carbocycles. The summed E-state index contributed by atoms with van der Waals surface area (Å²) in [5.41, 5.74) is 1.59.